The van der Waals surface area contributed by atoms with Crippen LogP contribution in [0.4, 0.5) is 0 Å². The van der Waals surface area contributed by atoms with Crippen LogP contribution in [0, 0.1) is 11.8 Å². The highest BCUT2D eigenvalue weighted by Gasteiger charge is 2.35. The lowest BCUT2D eigenvalue weighted by molar-refractivity contribution is -0.133. The Morgan fingerprint density at radius 3 is 2.43 bits per heavy atom. The van der Waals surface area contributed by atoms with Crippen LogP contribution in [0.15, 0.2) is 0 Å². The van der Waals surface area contributed by atoms with Gasteiger partial charge in [-0.2, -0.15) is 0 Å². The fourth-order valence-corrected chi connectivity index (χ4v) is 2.27. The summed E-state index contributed by atoms with van der Waals surface area (Å²) in [6.45, 7) is 5.87. The highest BCUT2D eigenvalue weighted by atomic mass is 16.5. The van der Waals surface area contributed by atoms with Gasteiger partial charge in [0.05, 0.1) is 17.8 Å². The molecule has 80 valence electrons. The lowest BCUT2D eigenvalue weighted by atomic mass is 9.84. The summed E-state index contributed by atoms with van der Waals surface area (Å²) in [5.74, 6) is 5.85. The zero-order valence-electron chi connectivity index (χ0n) is 9.34. The van der Waals surface area contributed by atoms with Gasteiger partial charge in [0.2, 0.25) is 0 Å². The minimum absolute atomic E-state index is 0.165. The van der Waals surface area contributed by atoms with Crippen LogP contribution in [0.5, 0.6) is 0 Å². The van der Waals surface area contributed by atoms with E-state index in [1.165, 1.54) is 0 Å². The molecule has 0 saturated carbocycles. The molecule has 0 bridgehead atoms. The van der Waals surface area contributed by atoms with Crippen LogP contribution in [0.2, 0.25) is 0 Å². The minimum Gasteiger partial charge on any atom is -0.390 e. The van der Waals surface area contributed by atoms with Crippen LogP contribution in [-0.4, -0.2) is 22.9 Å². The van der Waals surface area contributed by atoms with Crippen LogP contribution in [0.1, 0.15) is 46.5 Å². The van der Waals surface area contributed by atoms with Crippen LogP contribution in [0.3, 0.4) is 0 Å². The Balaban J connectivity index is 2.48. The molecule has 1 heterocycles. The molecule has 1 aliphatic heterocycles. The monoisotopic (exact) mass is 196 g/mol. The van der Waals surface area contributed by atoms with E-state index in [1.807, 2.05) is 20.8 Å². The van der Waals surface area contributed by atoms with E-state index in [-0.39, 0.29) is 12.2 Å². The number of hydrogen-bond donors (Lipinski definition) is 1. The standard InChI is InChI=1S/C12H20O2/c1-4-5-6-7-12(13)8-10(2)14-11(3)9-12/h10-11,13H,6-9H2,1-3H3. The van der Waals surface area contributed by atoms with Crippen molar-refractivity contribution in [2.24, 2.45) is 0 Å². The van der Waals surface area contributed by atoms with E-state index in [9.17, 15) is 5.11 Å². The summed E-state index contributed by atoms with van der Waals surface area (Å²) in [7, 11) is 0. The quantitative estimate of drug-likeness (QED) is 0.685. The van der Waals surface area contributed by atoms with Crippen LogP contribution < -0.4 is 0 Å². The van der Waals surface area contributed by atoms with Crippen molar-refractivity contribution in [3.05, 3.63) is 0 Å². The molecule has 2 unspecified atom stereocenters. The summed E-state index contributed by atoms with van der Waals surface area (Å²) >= 11 is 0. The Kier molecular flexibility index (Phi) is 3.97. The zero-order valence-corrected chi connectivity index (χ0v) is 9.34. The topological polar surface area (TPSA) is 29.5 Å². The maximum absolute atomic E-state index is 10.3. The zero-order chi connectivity index (χ0) is 10.6. The third-order valence-corrected chi connectivity index (χ3v) is 2.69. The third kappa shape index (κ3) is 3.32. The van der Waals surface area contributed by atoms with E-state index >= 15 is 0 Å². The lowest BCUT2D eigenvalue weighted by Gasteiger charge is -2.38. The van der Waals surface area contributed by atoms with Crippen molar-refractivity contribution in [2.75, 3.05) is 0 Å². The molecule has 0 aromatic heterocycles. The van der Waals surface area contributed by atoms with E-state index in [1.54, 1.807) is 0 Å². The Bertz CT molecular complexity index is 226. The molecule has 1 rings (SSSR count). The van der Waals surface area contributed by atoms with Crippen molar-refractivity contribution in [1.82, 2.24) is 0 Å². The molecule has 0 aromatic carbocycles. The molecule has 0 aliphatic carbocycles. The van der Waals surface area contributed by atoms with Crippen molar-refractivity contribution >= 4 is 0 Å². The SMILES string of the molecule is CC#CCCC1(O)CC(C)OC(C)C1. The van der Waals surface area contributed by atoms with Gasteiger partial charge in [-0.25, -0.2) is 0 Å². The number of hydrogen-bond acceptors (Lipinski definition) is 2. The number of rotatable bonds is 2. The number of ether oxygens (including phenoxy) is 1. The molecule has 0 amide bonds. The molecular formula is C12H20O2. The molecule has 2 atom stereocenters. The first-order valence-electron chi connectivity index (χ1n) is 5.33. The van der Waals surface area contributed by atoms with E-state index in [0.717, 1.165) is 25.7 Å². The predicted octanol–water partition coefficient (Wildman–Crippen LogP) is 2.11. The average molecular weight is 196 g/mol. The Hall–Kier alpha value is -0.520. The largest absolute Gasteiger partial charge is 0.390 e. The van der Waals surface area contributed by atoms with E-state index in [4.69, 9.17) is 4.74 Å². The summed E-state index contributed by atoms with van der Waals surface area (Å²) in [5.41, 5.74) is -0.555. The van der Waals surface area contributed by atoms with Gasteiger partial charge in [-0.3, -0.25) is 0 Å². The first-order valence-corrected chi connectivity index (χ1v) is 5.33. The van der Waals surface area contributed by atoms with Crippen molar-refractivity contribution < 1.29 is 9.84 Å². The third-order valence-electron chi connectivity index (χ3n) is 2.69. The molecule has 1 saturated heterocycles. The second kappa shape index (κ2) is 4.82. The Morgan fingerprint density at radius 1 is 1.36 bits per heavy atom. The molecule has 0 aromatic rings. The van der Waals surface area contributed by atoms with E-state index < -0.39 is 5.60 Å². The molecular weight excluding hydrogens is 176 g/mol. The van der Waals surface area contributed by atoms with Crippen molar-refractivity contribution in [2.45, 2.75) is 64.3 Å². The highest BCUT2D eigenvalue weighted by Crippen LogP contribution is 2.32. The van der Waals surface area contributed by atoms with Crippen LogP contribution >= 0.6 is 0 Å². The summed E-state index contributed by atoms with van der Waals surface area (Å²) in [6, 6.07) is 0. The van der Waals surface area contributed by atoms with Gasteiger partial charge in [0.25, 0.3) is 0 Å². The molecule has 2 heteroatoms. The van der Waals surface area contributed by atoms with Gasteiger partial charge in [0, 0.05) is 19.3 Å². The van der Waals surface area contributed by atoms with Crippen molar-refractivity contribution in [3.63, 3.8) is 0 Å². The summed E-state index contributed by atoms with van der Waals surface area (Å²) in [5, 5.41) is 10.3. The molecule has 0 spiro atoms. The van der Waals surface area contributed by atoms with Gasteiger partial charge >= 0.3 is 0 Å². The molecule has 1 fully saturated rings. The van der Waals surface area contributed by atoms with Crippen molar-refractivity contribution in [1.29, 1.82) is 0 Å². The first kappa shape index (κ1) is 11.6. The minimum atomic E-state index is -0.555. The fraction of sp³-hybridized carbons (Fsp3) is 0.833. The van der Waals surface area contributed by atoms with Gasteiger partial charge in [-0.05, 0) is 27.2 Å². The Labute approximate surface area is 86.7 Å². The van der Waals surface area contributed by atoms with Crippen LogP contribution in [0.25, 0.3) is 0 Å². The summed E-state index contributed by atoms with van der Waals surface area (Å²) < 4.78 is 5.59. The second-order valence-corrected chi connectivity index (χ2v) is 4.32. The van der Waals surface area contributed by atoms with Gasteiger partial charge in [0.1, 0.15) is 0 Å². The molecule has 1 N–H and O–H groups in total. The predicted molar refractivity (Wildman–Crippen MR) is 56.9 cm³/mol. The maximum atomic E-state index is 10.3. The van der Waals surface area contributed by atoms with Gasteiger partial charge in [-0.1, -0.05) is 0 Å². The van der Waals surface area contributed by atoms with E-state index in [2.05, 4.69) is 11.8 Å². The Morgan fingerprint density at radius 2 is 1.93 bits per heavy atom. The number of aliphatic hydroxyl groups is 1. The normalized spacial score (nSPS) is 37.4. The van der Waals surface area contributed by atoms with Gasteiger partial charge < -0.3 is 9.84 Å². The maximum Gasteiger partial charge on any atom is 0.0706 e. The second-order valence-electron chi connectivity index (χ2n) is 4.32. The lowest BCUT2D eigenvalue weighted by Crippen LogP contribution is -2.43. The van der Waals surface area contributed by atoms with Crippen molar-refractivity contribution in [3.8, 4) is 11.8 Å². The van der Waals surface area contributed by atoms with Gasteiger partial charge in [0.15, 0.2) is 0 Å². The average Bonchev–Trinajstić information content (AvgIpc) is 2.01. The smallest absolute Gasteiger partial charge is 0.0706 e. The first-order chi connectivity index (χ1) is 6.56. The molecule has 14 heavy (non-hydrogen) atoms. The molecule has 1 aliphatic rings. The molecule has 2 nitrogen and oxygen atoms in total. The summed E-state index contributed by atoms with van der Waals surface area (Å²) in [4.78, 5) is 0. The highest BCUT2D eigenvalue weighted by molar-refractivity contribution is 4.98. The van der Waals surface area contributed by atoms with Gasteiger partial charge in [-0.15, -0.1) is 11.8 Å². The summed E-state index contributed by atoms with van der Waals surface area (Å²) in [6.07, 6.45) is 3.36. The fourth-order valence-electron chi connectivity index (χ4n) is 2.27. The van der Waals surface area contributed by atoms with E-state index in [0.29, 0.717) is 0 Å². The van der Waals surface area contributed by atoms with Crippen LogP contribution in [-0.2, 0) is 4.74 Å². The molecule has 0 radical (unpaired) electrons.